The molecule has 3 heteroatoms. The second-order valence-corrected chi connectivity index (χ2v) is 5.72. The van der Waals surface area contributed by atoms with E-state index in [1.807, 2.05) is 0 Å². The first-order valence-electron chi connectivity index (χ1n) is 6.56. The maximum atomic E-state index is 13.5. The van der Waals surface area contributed by atoms with Gasteiger partial charge in [0.2, 0.25) is 0 Å². The van der Waals surface area contributed by atoms with E-state index in [9.17, 15) is 4.39 Å². The molecule has 0 heterocycles. The molecule has 2 nitrogen and oxygen atoms in total. The van der Waals surface area contributed by atoms with Gasteiger partial charge in [0.15, 0.2) is 0 Å². The van der Waals surface area contributed by atoms with Gasteiger partial charge in [0.25, 0.3) is 0 Å². The summed E-state index contributed by atoms with van der Waals surface area (Å²) in [7, 11) is 1.64. The largest absolute Gasteiger partial charge is 0.496 e. The predicted molar refractivity (Wildman–Crippen MR) is 71.3 cm³/mol. The lowest BCUT2D eigenvalue weighted by molar-refractivity contribution is 0.376. The van der Waals surface area contributed by atoms with Gasteiger partial charge in [-0.05, 0) is 42.5 Å². The molecule has 100 valence electrons. The van der Waals surface area contributed by atoms with Crippen molar-refractivity contribution in [1.82, 2.24) is 5.32 Å². The van der Waals surface area contributed by atoms with Gasteiger partial charge in [0.1, 0.15) is 11.6 Å². The molecular formula is C15H22FNO. The molecular weight excluding hydrogens is 229 g/mol. The highest BCUT2D eigenvalue weighted by Gasteiger charge is 2.50. The third-order valence-corrected chi connectivity index (χ3v) is 3.94. The summed E-state index contributed by atoms with van der Waals surface area (Å²) in [4.78, 5) is 0. The van der Waals surface area contributed by atoms with Crippen LogP contribution in [0.1, 0.15) is 38.8 Å². The van der Waals surface area contributed by atoms with Gasteiger partial charge in [0.05, 0.1) is 7.11 Å². The number of hydrogen-bond donors (Lipinski definition) is 1. The van der Waals surface area contributed by atoms with Gasteiger partial charge in [-0.15, -0.1) is 0 Å². The molecule has 0 aliphatic heterocycles. The number of rotatable bonds is 5. The summed E-state index contributed by atoms with van der Waals surface area (Å²) in [5.41, 5.74) is 1.28. The molecule has 0 amide bonds. The van der Waals surface area contributed by atoms with Gasteiger partial charge in [-0.2, -0.15) is 0 Å². The van der Waals surface area contributed by atoms with Gasteiger partial charge < -0.3 is 10.1 Å². The molecule has 1 aliphatic rings. The normalized spacial score (nSPS) is 22.6. The van der Waals surface area contributed by atoms with Gasteiger partial charge in [0, 0.05) is 11.6 Å². The Hall–Kier alpha value is -1.09. The van der Waals surface area contributed by atoms with Crippen molar-refractivity contribution < 1.29 is 9.13 Å². The van der Waals surface area contributed by atoms with Crippen LogP contribution in [-0.2, 0) is 0 Å². The number of hydrogen-bond acceptors (Lipinski definition) is 2. The quantitative estimate of drug-likeness (QED) is 0.864. The number of halogens is 1. The lowest BCUT2D eigenvalue weighted by Gasteiger charge is -2.22. The van der Waals surface area contributed by atoms with E-state index in [1.165, 1.54) is 12.5 Å². The topological polar surface area (TPSA) is 21.3 Å². The van der Waals surface area contributed by atoms with Crippen molar-refractivity contribution in [3.8, 4) is 5.75 Å². The molecule has 2 unspecified atom stereocenters. The molecule has 1 aliphatic carbocycles. The molecule has 0 saturated heterocycles. The molecule has 1 fully saturated rings. The summed E-state index contributed by atoms with van der Waals surface area (Å²) >= 11 is 0. The van der Waals surface area contributed by atoms with Crippen molar-refractivity contribution in [3.63, 3.8) is 0 Å². The minimum atomic E-state index is -0.202. The Morgan fingerprint density at radius 2 is 2.17 bits per heavy atom. The van der Waals surface area contributed by atoms with Gasteiger partial charge in [-0.3, -0.25) is 0 Å². The zero-order valence-electron chi connectivity index (χ0n) is 11.6. The highest BCUT2D eigenvalue weighted by Crippen LogP contribution is 2.58. The fourth-order valence-corrected chi connectivity index (χ4v) is 2.71. The van der Waals surface area contributed by atoms with Crippen molar-refractivity contribution in [2.75, 3.05) is 13.7 Å². The first-order valence-corrected chi connectivity index (χ1v) is 6.56. The zero-order chi connectivity index (χ0) is 13.3. The Labute approximate surface area is 109 Å². The molecule has 0 bridgehead atoms. The van der Waals surface area contributed by atoms with E-state index >= 15 is 0 Å². The van der Waals surface area contributed by atoms with Crippen LogP contribution in [0.5, 0.6) is 5.75 Å². The highest BCUT2D eigenvalue weighted by atomic mass is 19.1. The van der Waals surface area contributed by atoms with Crippen LogP contribution in [0, 0.1) is 17.2 Å². The third kappa shape index (κ3) is 2.51. The number of methoxy groups -OCH3 is 1. The Kier molecular flexibility index (Phi) is 3.62. The van der Waals surface area contributed by atoms with E-state index in [-0.39, 0.29) is 11.9 Å². The van der Waals surface area contributed by atoms with E-state index in [4.69, 9.17) is 4.74 Å². The first kappa shape index (κ1) is 13.3. The average Bonchev–Trinajstić information content (AvgIpc) is 2.95. The minimum absolute atomic E-state index is 0.177. The molecule has 1 aromatic carbocycles. The second-order valence-electron chi connectivity index (χ2n) is 5.72. The van der Waals surface area contributed by atoms with E-state index < -0.39 is 0 Å². The van der Waals surface area contributed by atoms with E-state index in [0.717, 1.165) is 17.9 Å². The van der Waals surface area contributed by atoms with Crippen molar-refractivity contribution >= 4 is 0 Å². The minimum Gasteiger partial charge on any atom is -0.496 e. The summed E-state index contributed by atoms with van der Waals surface area (Å²) in [6.07, 6.45) is 1.17. The maximum absolute atomic E-state index is 13.5. The third-order valence-electron chi connectivity index (χ3n) is 3.94. The van der Waals surface area contributed by atoms with Crippen LogP contribution < -0.4 is 10.1 Å². The zero-order valence-corrected chi connectivity index (χ0v) is 11.6. The Morgan fingerprint density at radius 1 is 1.50 bits per heavy atom. The van der Waals surface area contributed by atoms with Crippen LogP contribution in [-0.4, -0.2) is 13.7 Å². The standard InChI is InChI=1S/C15H22FNO/c1-5-17-14(12-9-15(12,2)3)11-8-10(16)6-7-13(11)18-4/h6-8,12,14,17H,5,9H2,1-4H3. The van der Waals surface area contributed by atoms with Gasteiger partial charge in [-0.1, -0.05) is 20.8 Å². The van der Waals surface area contributed by atoms with Crippen molar-refractivity contribution in [2.45, 2.75) is 33.2 Å². The fourth-order valence-electron chi connectivity index (χ4n) is 2.71. The van der Waals surface area contributed by atoms with Crippen molar-refractivity contribution in [1.29, 1.82) is 0 Å². The van der Waals surface area contributed by atoms with Crippen LogP contribution in [0.2, 0.25) is 0 Å². The molecule has 0 aromatic heterocycles. The fraction of sp³-hybridized carbons (Fsp3) is 0.600. The predicted octanol–water partition coefficient (Wildman–Crippen LogP) is 3.53. The summed E-state index contributed by atoms with van der Waals surface area (Å²) in [5, 5.41) is 3.47. The SMILES string of the molecule is CCNC(c1cc(F)ccc1OC)C1CC1(C)C. The summed E-state index contributed by atoms with van der Waals surface area (Å²) in [6, 6.07) is 4.93. The van der Waals surface area contributed by atoms with E-state index in [1.54, 1.807) is 19.2 Å². The number of benzene rings is 1. The number of nitrogens with one attached hydrogen (secondary N) is 1. The summed E-state index contributed by atoms with van der Waals surface area (Å²) in [6.45, 7) is 7.46. The molecule has 0 radical (unpaired) electrons. The molecule has 1 saturated carbocycles. The molecule has 18 heavy (non-hydrogen) atoms. The molecule has 1 N–H and O–H groups in total. The van der Waals surface area contributed by atoms with Crippen LogP contribution in [0.25, 0.3) is 0 Å². The molecule has 2 atom stereocenters. The van der Waals surface area contributed by atoms with E-state index in [2.05, 4.69) is 26.1 Å². The monoisotopic (exact) mass is 251 g/mol. The Morgan fingerprint density at radius 3 is 2.67 bits per heavy atom. The van der Waals surface area contributed by atoms with Crippen molar-refractivity contribution in [2.24, 2.45) is 11.3 Å². The van der Waals surface area contributed by atoms with Crippen LogP contribution in [0.15, 0.2) is 18.2 Å². The van der Waals surface area contributed by atoms with Crippen LogP contribution in [0.3, 0.4) is 0 Å². The summed E-state index contributed by atoms with van der Waals surface area (Å²) < 4.78 is 18.8. The molecule has 0 spiro atoms. The number of ether oxygens (including phenoxy) is 1. The Balaban J connectivity index is 2.33. The average molecular weight is 251 g/mol. The van der Waals surface area contributed by atoms with Gasteiger partial charge in [-0.25, -0.2) is 4.39 Å². The maximum Gasteiger partial charge on any atom is 0.123 e. The Bertz CT molecular complexity index is 431. The lowest BCUT2D eigenvalue weighted by atomic mass is 9.96. The first-order chi connectivity index (χ1) is 8.49. The van der Waals surface area contributed by atoms with Crippen LogP contribution >= 0.6 is 0 Å². The smallest absolute Gasteiger partial charge is 0.123 e. The second kappa shape index (κ2) is 4.88. The molecule has 2 rings (SSSR count). The van der Waals surface area contributed by atoms with Crippen LogP contribution in [0.4, 0.5) is 4.39 Å². The van der Waals surface area contributed by atoms with Crippen molar-refractivity contribution in [3.05, 3.63) is 29.6 Å². The summed E-state index contributed by atoms with van der Waals surface area (Å²) in [5.74, 6) is 1.12. The van der Waals surface area contributed by atoms with Gasteiger partial charge >= 0.3 is 0 Å². The lowest BCUT2D eigenvalue weighted by Crippen LogP contribution is -2.25. The van der Waals surface area contributed by atoms with E-state index in [0.29, 0.717) is 11.3 Å². The highest BCUT2D eigenvalue weighted by molar-refractivity contribution is 5.38. The molecule has 1 aromatic rings.